The van der Waals surface area contributed by atoms with Crippen LogP contribution in [0.4, 0.5) is 0 Å². The summed E-state index contributed by atoms with van der Waals surface area (Å²) in [6.07, 6.45) is 4.72. The Morgan fingerprint density at radius 3 is 2.61 bits per heavy atom. The Kier molecular flexibility index (Phi) is 7.40. The molecule has 0 unspecified atom stereocenters. The van der Waals surface area contributed by atoms with Crippen LogP contribution in [0.1, 0.15) is 38.7 Å². The van der Waals surface area contributed by atoms with Gasteiger partial charge in [0.25, 0.3) is 0 Å². The Labute approximate surface area is 140 Å². The molecule has 0 spiro atoms. The molecule has 0 atom stereocenters. The number of guanidine groups is 1. The van der Waals surface area contributed by atoms with Gasteiger partial charge in [-0.2, -0.15) is 0 Å². The average molecular weight is 317 g/mol. The fourth-order valence-corrected chi connectivity index (χ4v) is 2.66. The fraction of sp³-hybridized carbons (Fsp3) is 0.632. The lowest BCUT2D eigenvalue weighted by atomic mass is 10.0. The first-order valence-corrected chi connectivity index (χ1v) is 8.92. The molecule has 1 fully saturated rings. The van der Waals surface area contributed by atoms with E-state index in [4.69, 9.17) is 9.73 Å². The number of aliphatic imine (C=N–C) groups is 1. The molecule has 1 aliphatic rings. The molecule has 0 saturated heterocycles. The van der Waals surface area contributed by atoms with E-state index in [2.05, 4.69) is 54.8 Å². The van der Waals surface area contributed by atoms with Gasteiger partial charge in [-0.3, -0.25) is 4.99 Å². The second-order valence-corrected chi connectivity index (χ2v) is 6.30. The maximum absolute atomic E-state index is 5.50. The van der Waals surface area contributed by atoms with Crippen LogP contribution in [0.15, 0.2) is 35.3 Å². The second-order valence-electron chi connectivity index (χ2n) is 6.30. The van der Waals surface area contributed by atoms with Gasteiger partial charge in [-0.05, 0) is 50.5 Å². The van der Waals surface area contributed by atoms with Gasteiger partial charge in [0, 0.05) is 32.8 Å². The molecule has 0 aromatic heterocycles. The molecule has 4 heteroatoms. The highest BCUT2D eigenvalue weighted by Crippen LogP contribution is 2.48. The van der Waals surface area contributed by atoms with Crippen molar-refractivity contribution in [2.45, 2.75) is 39.5 Å². The number of hydrogen-bond acceptors (Lipinski definition) is 2. The zero-order chi connectivity index (χ0) is 16.4. The molecule has 1 saturated carbocycles. The van der Waals surface area contributed by atoms with Gasteiger partial charge in [-0.15, -0.1) is 0 Å². The topological polar surface area (TPSA) is 45.7 Å². The third-order valence-electron chi connectivity index (χ3n) is 4.40. The van der Waals surface area contributed by atoms with Gasteiger partial charge in [0.15, 0.2) is 5.96 Å². The lowest BCUT2D eigenvalue weighted by molar-refractivity contribution is 0.129. The van der Waals surface area contributed by atoms with Crippen molar-refractivity contribution in [3.63, 3.8) is 0 Å². The van der Waals surface area contributed by atoms with Crippen LogP contribution in [-0.4, -0.2) is 38.8 Å². The minimum absolute atomic E-state index is 0.400. The summed E-state index contributed by atoms with van der Waals surface area (Å²) in [6, 6.07) is 10.6. The van der Waals surface area contributed by atoms with Crippen LogP contribution in [0.5, 0.6) is 0 Å². The molecule has 0 radical (unpaired) electrons. The van der Waals surface area contributed by atoms with Gasteiger partial charge < -0.3 is 15.4 Å². The molecule has 0 aliphatic heterocycles. The van der Waals surface area contributed by atoms with Gasteiger partial charge >= 0.3 is 0 Å². The van der Waals surface area contributed by atoms with E-state index < -0.39 is 0 Å². The highest BCUT2D eigenvalue weighted by atomic mass is 16.5. The van der Waals surface area contributed by atoms with Crippen molar-refractivity contribution >= 4 is 5.96 Å². The van der Waals surface area contributed by atoms with E-state index in [1.807, 2.05) is 0 Å². The fourth-order valence-electron chi connectivity index (χ4n) is 2.66. The Balaban J connectivity index is 1.76. The van der Waals surface area contributed by atoms with Gasteiger partial charge in [0.1, 0.15) is 0 Å². The molecule has 128 valence electrons. The van der Waals surface area contributed by atoms with E-state index in [-0.39, 0.29) is 0 Å². The summed E-state index contributed by atoms with van der Waals surface area (Å²) in [6.45, 7) is 8.53. The SMILES string of the molecule is CCNC(=NCC1(CCOCC)CC1)NCCc1ccccc1. The Morgan fingerprint density at radius 2 is 1.96 bits per heavy atom. The summed E-state index contributed by atoms with van der Waals surface area (Å²) in [5.74, 6) is 0.936. The minimum Gasteiger partial charge on any atom is -0.382 e. The van der Waals surface area contributed by atoms with E-state index in [9.17, 15) is 0 Å². The van der Waals surface area contributed by atoms with Crippen molar-refractivity contribution in [1.29, 1.82) is 0 Å². The van der Waals surface area contributed by atoms with Crippen molar-refractivity contribution in [2.75, 3.05) is 32.8 Å². The standard InChI is InChI=1S/C19H31N3O/c1-3-20-18(21-14-10-17-8-6-5-7-9-17)22-16-19(11-12-19)13-15-23-4-2/h5-9H,3-4,10-16H2,1-2H3,(H2,20,21,22). The minimum atomic E-state index is 0.400. The summed E-state index contributed by atoms with van der Waals surface area (Å²) >= 11 is 0. The van der Waals surface area contributed by atoms with Gasteiger partial charge in [-0.25, -0.2) is 0 Å². The molecule has 0 bridgehead atoms. The molecule has 4 nitrogen and oxygen atoms in total. The Morgan fingerprint density at radius 1 is 1.17 bits per heavy atom. The van der Waals surface area contributed by atoms with Crippen molar-refractivity contribution < 1.29 is 4.74 Å². The summed E-state index contributed by atoms with van der Waals surface area (Å²) in [7, 11) is 0. The van der Waals surface area contributed by atoms with Crippen molar-refractivity contribution in [1.82, 2.24) is 10.6 Å². The first-order chi connectivity index (χ1) is 11.3. The van der Waals surface area contributed by atoms with Crippen LogP contribution in [0.25, 0.3) is 0 Å². The van der Waals surface area contributed by atoms with Crippen LogP contribution in [0, 0.1) is 5.41 Å². The van der Waals surface area contributed by atoms with Crippen molar-refractivity contribution in [3.05, 3.63) is 35.9 Å². The van der Waals surface area contributed by atoms with Crippen LogP contribution < -0.4 is 10.6 Å². The quantitative estimate of drug-likeness (QED) is 0.396. The number of nitrogens with zero attached hydrogens (tertiary/aromatic N) is 1. The molecule has 0 heterocycles. The third-order valence-corrected chi connectivity index (χ3v) is 4.40. The van der Waals surface area contributed by atoms with Crippen molar-refractivity contribution in [3.8, 4) is 0 Å². The third kappa shape index (κ3) is 6.61. The second kappa shape index (κ2) is 9.56. The number of nitrogens with one attached hydrogen (secondary N) is 2. The number of hydrogen-bond donors (Lipinski definition) is 2. The monoisotopic (exact) mass is 317 g/mol. The average Bonchev–Trinajstić information content (AvgIpc) is 3.34. The van der Waals surface area contributed by atoms with Crippen LogP contribution in [0.3, 0.4) is 0 Å². The highest BCUT2D eigenvalue weighted by molar-refractivity contribution is 5.79. The smallest absolute Gasteiger partial charge is 0.191 e. The van der Waals surface area contributed by atoms with Crippen LogP contribution in [0.2, 0.25) is 0 Å². The molecule has 23 heavy (non-hydrogen) atoms. The molecule has 1 aliphatic carbocycles. The van der Waals surface area contributed by atoms with Crippen LogP contribution in [-0.2, 0) is 11.2 Å². The zero-order valence-electron chi connectivity index (χ0n) is 14.6. The lowest BCUT2D eigenvalue weighted by Gasteiger charge is -2.15. The molecule has 0 amide bonds. The van der Waals surface area contributed by atoms with E-state index >= 15 is 0 Å². The molecular weight excluding hydrogens is 286 g/mol. The molecule has 1 aromatic rings. The number of rotatable bonds is 10. The van der Waals surface area contributed by atoms with Gasteiger partial charge in [0.2, 0.25) is 0 Å². The highest BCUT2D eigenvalue weighted by Gasteiger charge is 2.41. The summed E-state index contributed by atoms with van der Waals surface area (Å²) < 4.78 is 5.50. The molecule has 1 aromatic carbocycles. The normalized spacial score (nSPS) is 16.2. The molecule has 2 N–H and O–H groups in total. The van der Waals surface area contributed by atoms with E-state index in [1.165, 1.54) is 18.4 Å². The summed E-state index contributed by atoms with van der Waals surface area (Å²) in [5, 5.41) is 6.79. The van der Waals surface area contributed by atoms with Gasteiger partial charge in [-0.1, -0.05) is 30.3 Å². The van der Waals surface area contributed by atoms with E-state index in [1.54, 1.807) is 0 Å². The maximum Gasteiger partial charge on any atom is 0.191 e. The van der Waals surface area contributed by atoms with E-state index in [0.29, 0.717) is 5.41 Å². The maximum atomic E-state index is 5.50. The Hall–Kier alpha value is -1.55. The summed E-state index contributed by atoms with van der Waals surface area (Å²) in [4.78, 5) is 4.80. The number of ether oxygens (including phenoxy) is 1. The van der Waals surface area contributed by atoms with E-state index in [0.717, 1.165) is 51.6 Å². The summed E-state index contributed by atoms with van der Waals surface area (Å²) in [5.41, 5.74) is 1.75. The van der Waals surface area contributed by atoms with Gasteiger partial charge in [0.05, 0.1) is 0 Å². The Bertz CT molecular complexity index is 469. The molecular formula is C19H31N3O. The predicted octanol–water partition coefficient (Wildman–Crippen LogP) is 2.99. The van der Waals surface area contributed by atoms with Crippen molar-refractivity contribution in [2.24, 2.45) is 10.4 Å². The first-order valence-electron chi connectivity index (χ1n) is 8.92. The first kappa shape index (κ1) is 17.8. The predicted molar refractivity (Wildman–Crippen MR) is 96.9 cm³/mol. The lowest BCUT2D eigenvalue weighted by Crippen LogP contribution is -2.38. The molecule has 2 rings (SSSR count). The largest absolute Gasteiger partial charge is 0.382 e. The number of benzene rings is 1. The van der Waals surface area contributed by atoms with Crippen LogP contribution >= 0.6 is 0 Å². The zero-order valence-corrected chi connectivity index (χ0v) is 14.6.